The molecule has 0 heterocycles. The second kappa shape index (κ2) is 13.0. The number of carbonyl (C=O) groups is 2. The second-order valence-corrected chi connectivity index (χ2v) is 7.19. The van der Waals surface area contributed by atoms with Crippen LogP contribution in [-0.2, 0) is 9.47 Å². The summed E-state index contributed by atoms with van der Waals surface area (Å²) in [6.45, 7) is 1.82. The first kappa shape index (κ1) is 24.8. The zero-order valence-electron chi connectivity index (χ0n) is 19.2. The zero-order valence-corrected chi connectivity index (χ0v) is 19.2. The summed E-state index contributed by atoms with van der Waals surface area (Å²) < 4.78 is 20.9. The highest BCUT2D eigenvalue weighted by Crippen LogP contribution is 2.23. The van der Waals surface area contributed by atoms with Crippen LogP contribution in [0.15, 0.2) is 72.8 Å². The van der Waals surface area contributed by atoms with Crippen LogP contribution in [0.3, 0.4) is 0 Å². The minimum absolute atomic E-state index is 0.303. The first-order valence-electron chi connectivity index (χ1n) is 10.8. The van der Waals surface area contributed by atoms with Crippen molar-refractivity contribution >= 4 is 23.2 Å². The van der Waals surface area contributed by atoms with Gasteiger partial charge in [-0.15, -0.1) is 0 Å². The van der Waals surface area contributed by atoms with Crippen LogP contribution in [0.2, 0.25) is 0 Å². The molecule has 0 unspecified atom stereocenters. The van der Waals surface area contributed by atoms with Crippen LogP contribution in [0.5, 0.6) is 11.5 Å². The molecule has 2 N–H and O–H groups in total. The van der Waals surface area contributed by atoms with Gasteiger partial charge in [-0.05, 0) is 60.7 Å². The zero-order chi connectivity index (χ0) is 24.2. The van der Waals surface area contributed by atoms with Crippen molar-refractivity contribution in [3.63, 3.8) is 0 Å². The van der Waals surface area contributed by atoms with Gasteiger partial charge in [0.2, 0.25) is 0 Å². The van der Waals surface area contributed by atoms with E-state index in [1.807, 2.05) is 0 Å². The van der Waals surface area contributed by atoms with Gasteiger partial charge in [-0.25, -0.2) is 0 Å². The van der Waals surface area contributed by atoms with Crippen LogP contribution < -0.4 is 20.1 Å². The van der Waals surface area contributed by atoms with E-state index in [0.717, 1.165) is 0 Å². The van der Waals surface area contributed by atoms with Crippen LogP contribution in [0.1, 0.15) is 20.7 Å². The maximum absolute atomic E-state index is 12.7. The fourth-order valence-electron chi connectivity index (χ4n) is 2.98. The molecule has 0 fully saturated rings. The molecule has 0 saturated carbocycles. The summed E-state index contributed by atoms with van der Waals surface area (Å²) in [6.07, 6.45) is 0. The van der Waals surface area contributed by atoms with Crippen molar-refractivity contribution in [3.05, 3.63) is 83.9 Å². The number of nitrogens with one attached hydrogen (secondary N) is 2. The van der Waals surface area contributed by atoms with Crippen LogP contribution in [0, 0.1) is 0 Å². The molecule has 0 aliphatic heterocycles. The second-order valence-electron chi connectivity index (χ2n) is 7.19. The standard InChI is InChI=1S/C26H28N2O6/c1-31-15-17-33-21-11-7-19(8-12-21)25(29)27-23-5-3-4-6-24(23)28-26(30)20-9-13-22(14-10-20)34-18-16-32-2/h3-14H,15-18H2,1-2H3,(H,27,29)(H,28,30). The molecule has 8 nitrogen and oxygen atoms in total. The lowest BCUT2D eigenvalue weighted by Gasteiger charge is -2.13. The van der Waals surface area contributed by atoms with Gasteiger partial charge < -0.3 is 29.6 Å². The van der Waals surface area contributed by atoms with Crippen molar-refractivity contribution < 1.29 is 28.5 Å². The Balaban J connectivity index is 1.62. The number of benzene rings is 3. The van der Waals surface area contributed by atoms with E-state index in [0.29, 0.717) is 60.4 Å². The predicted octanol–water partition coefficient (Wildman–Crippen LogP) is 4.24. The Labute approximate surface area is 198 Å². The highest BCUT2D eigenvalue weighted by atomic mass is 16.5. The number of ether oxygens (including phenoxy) is 4. The molecular weight excluding hydrogens is 436 g/mol. The van der Waals surface area contributed by atoms with Gasteiger partial charge >= 0.3 is 0 Å². The fraction of sp³-hybridized carbons (Fsp3) is 0.231. The molecule has 2 amide bonds. The summed E-state index contributed by atoms with van der Waals surface area (Å²) in [5.41, 5.74) is 1.90. The Hall–Kier alpha value is -3.88. The van der Waals surface area contributed by atoms with Gasteiger partial charge in [0, 0.05) is 25.3 Å². The van der Waals surface area contributed by atoms with Gasteiger partial charge in [0.25, 0.3) is 11.8 Å². The van der Waals surface area contributed by atoms with Gasteiger partial charge in [0.1, 0.15) is 24.7 Å². The molecule has 0 atom stereocenters. The average Bonchev–Trinajstić information content (AvgIpc) is 2.86. The molecule has 34 heavy (non-hydrogen) atoms. The van der Waals surface area contributed by atoms with Gasteiger partial charge in [-0.2, -0.15) is 0 Å². The van der Waals surface area contributed by atoms with Crippen LogP contribution in [0.25, 0.3) is 0 Å². The molecule has 3 aromatic carbocycles. The summed E-state index contributed by atoms with van der Waals surface area (Å²) in [7, 11) is 3.21. The van der Waals surface area contributed by atoms with Crippen molar-refractivity contribution in [2.24, 2.45) is 0 Å². The molecule has 0 aliphatic carbocycles. The van der Waals surface area contributed by atoms with E-state index >= 15 is 0 Å². The Morgan fingerprint density at radius 3 is 1.32 bits per heavy atom. The average molecular weight is 465 g/mol. The van der Waals surface area contributed by atoms with Crippen molar-refractivity contribution in [1.82, 2.24) is 0 Å². The normalized spacial score (nSPS) is 10.4. The number of hydrogen-bond acceptors (Lipinski definition) is 6. The number of rotatable bonds is 12. The number of hydrogen-bond donors (Lipinski definition) is 2. The Kier molecular flexibility index (Phi) is 9.45. The lowest BCUT2D eigenvalue weighted by molar-refractivity contribution is 0.101. The van der Waals surface area contributed by atoms with Gasteiger partial charge in [-0.1, -0.05) is 12.1 Å². The molecule has 0 aromatic heterocycles. The monoisotopic (exact) mass is 464 g/mol. The van der Waals surface area contributed by atoms with E-state index in [1.54, 1.807) is 87.0 Å². The maximum atomic E-state index is 12.7. The van der Waals surface area contributed by atoms with E-state index in [1.165, 1.54) is 0 Å². The molecule has 0 spiro atoms. The Morgan fingerprint density at radius 2 is 0.971 bits per heavy atom. The van der Waals surface area contributed by atoms with Gasteiger partial charge in [0.05, 0.1) is 24.6 Å². The van der Waals surface area contributed by atoms with Crippen molar-refractivity contribution in [3.8, 4) is 11.5 Å². The lowest BCUT2D eigenvalue weighted by Crippen LogP contribution is -2.16. The third-order valence-corrected chi connectivity index (χ3v) is 4.77. The highest BCUT2D eigenvalue weighted by Gasteiger charge is 2.12. The number of carbonyl (C=O) groups excluding carboxylic acids is 2. The largest absolute Gasteiger partial charge is 0.491 e. The summed E-state index contributed by atoms with van der Waals surface area (Å²) in [5, 5.41) is 5.69. The number of anilines is 2. The third-order valence-electron chi connectivity index (χ3n) is 4.77. The minimum atomic E-state index is -0.303. The molecule has 3 aromatic rings. The van der Waals surface area contributed by atoms with Crippen LogP contribution in [0.4, 0.5) is 11.4 Å². The minimum Gasteiger partial charge on any atom is -0.491 e. The third kappa shape index (κ3) is 7.33. The van der Waals surface area contributed by atoms with Crippen molar-refractivity contribution in [2.75, 3.05) is 51.3 Å². The molecule has 0 bridgehead atoms. The SMILES string of the molecule is COCCOc1ccc(C(=O)Nc2ccccc2NC(=O)c2ccc(OCCOC)cc2)cc1. The van der Waals surface area contributed by atoms with Crippen molar-refractivity contribution in [2.45, 2.75) is 0 Å². The van der Waals surface area contributed by atoms with E-state index in [9.17, 15) is 9.59 Å². The van der Waals surface area contributed by atoms with E-state index in [-0.39, 0.29) is 11.8 Å². The predicted molar refractivity (Wildman–Crippen MR) is 130 cm³/mol. The molecule has 0 radical (unpaired) electrons. The quantitative estimate of drug-likeness (QED) is 0.389. The molecule has 8 heteroatoms. The Morgan fingerprint density at radius 1 is 0.588 bits per heavy atom. The summed E-state index contributed by atoms with van der Waals surface area (Å²) >= 11 is 0. The van der Waals surface area contributed by atoms with Crippen LogP contribution in [-0.4, -0.2) is 52.5 Å². The molecule has 178 valence electrons. The lowest BCUT2D eigenvalue weighted by atomic mass is 10.1. The molecule has 0 saturated heterocycles. The molecular formula is C26H28N2O6. The number of para-hydroxylation sites is 2. The summed E-state index contributed by atoms with van der Waals surface area (Å²) in [6, 6.07) is 20.6. The first-order valence-corrected chi connectivity index (χ1v) is 10.8. The molecule has 0 aliphatic rings. The first-order chi connectivity index (χ1) is 16.6. The van der Waals surface area contributed by atoms with Gasteiger partial charge in [-0.3, -0.25) is 9.59 Å². The van der Waals surface area contributed by atoms with Crippen molar-refractivity contribution in [1.29, 1.82) is 0 Å². The number of methoxy groups -OCH3 is 2. The number of amides is 2. The summed E-state index contributed by atoms with van der Waals surface area (Å²) in [5.74, 6) is 0.693. The Bertz CT molecular complexity index is 981. The van der Waals surface area contributed by atoms with E-state index < -0.39 is 0 Å². The summed E-state index contributed by atoms with van der Waals surface area (Å²) in [4.78, 5) is 25.5. The smallest absolute Gasteiger partial charge is 0.255 e. The highest BCUT2D eigenvalue weighted by molar-refractivity contribution is 6.10. The maximum Gasteiger partial charge on any atom is 0.255 e. The van der Waals surface area contributed by atoms with Crippen LogP contribution >= 0.6 is 0 Å². The van der Waals surface area contributed by atoms with E-state index in [2.05, 4.69) is 10.6 Å². The topological polar surface area (TPSA) is 95.1 Å². The fourth-order valence-corrected chi connectivity index (χ4v) is 2.98. The molecule has 3 rings (SSSR count). The van der Waals surface area contributed by atoms with E-state index in [4.69, 9.17) is 18.9 Å². The van der Waals surface area contributed by atoms with Gasteiger partial charge in [0.15, 0.2) is 0 Å².